The molecule has 1 saturated heterocycles. The molecule has 1 aliphatic carbocycles. The van der Waals surface area contributed by atoms with Crippen LogP contribution in [0.1, 0.15) is 55.2 Å². The Labute approximate surface area is 126 Å². The number of phenolic OH excluding ortho intramolecular Hbond substituents is 1. The van der Waals surface area contributed by atoms with Crippen molar-refractivity contribution in [2.24, 2.45) is 0 Å². The SMILES string of the molecule is Oc1c(Cl)cc2c(c1CC1CCCCN1)CCCCC2. The molecule has 2 aliphatic rings. The zero-order valence-corrected chi connectivity index (χ0v) is 12.8. The molecular formula is C17H24ClNO. The van der Waals surface area contributed by atoms with Gasteiger partial charge in [0.25, 0.3) is 0 Å². The first-order valence-corrected chi connectivity index (χ1v) is 8.39. The van der Waals surface area contributed by atoms with E-state index in [0.717, 1.165) is 31.4 Å². The first kappa shape index (κ1) is 14.2. The molecule has 1 aromatic carbocycles. The molecule has 0 aromatic heterocycles. The molecular weight excluding hydrogens is 270 g/mol. The summed E-state index contributed by atoms with van der Waals surface area (Å²) in [7, 11) is 0. The number of hydrogen-bond donors (Lipinski definition) is 2. The van der Waals surface area contributed by atoms with Gasteiger partial charge in [-0.3, -0.25) is 0 Å². The first-order valence-electron chi connectivity index (χ1n) is 8.01. The number of benzene rings is 1. The van der Waals surface area contributed by atoms with E-state index in [9.17, 15) is 5.11 Å². The molecule has 1 atom stereocenters. The van der Waals surface area contributed by atoms with Crippen molar-refractivity contribution in [2.75, 3.05) is 6.54 Å². The topological polar surface area (TPSA) is 32.3 Å². The van der Waals surface area contributed by atoms with Gasteiger partial charge in [-0.15, -0.1) is 0 Å². The van der Waals surface area contributed by atoms with Crippen LogP contribution >= 0.6 is 11.6 Å². The molecule has 110 valence electrons. The van der Waals surface area contributed by atoms with Gasteiger partial charge in [0, 0.05) is 11.6 Å². The number of piperidine rings is 1. The number of aryl methyl sites for hydroxylation is 1. The van der Waals surface area contributed by atoms with E-state index in [-0.39, 0.29) is 0 Å². The molecule has 1 aliphatic heterocycles. The van der Waals surface area contributed by atoms with Crippen LogP contribution in [0.3, 0.4) is 0 Å². The summed E-state index contributed by atoms with van der Waals surface area (Å²) in [4.78, 5) is 0. The van der Waals surface area contributed by atoms with Gasteiger partial charge in [0.2, 0.25) is 0 Å². The molecule has 1 unspecified atom stereocenters. The van der Waals surface area contributed by atoms with Crippen LogP contribution < -0.4 is 5.32 Å². The van der Waals surface area contributed by atoms with Gasteiger partial charge in [-0.05, 0) is 68.7 Å². The van der Waals surface area contributed by atoms with Crippen molar-refractivity contribution in [3.8, 4) is 5.75 Å². The van der Waals surface area contributed by atoms with Crippen LogP contribution in [0.15, 0.2) is 6.07 Å². The summed E-state index contributed by atoms with van der Waals surface area (Å²) in [6.45, 7) is 1.11. The summed E-state index contributed by atoms with van der Waals surface area (Å²) in [5.74, 6) is 0.333. The van der Waals surface area contributed by atoms with Crippen LogP contribution in [0.2, 0.25) is 5.02 Å². The minimum Gasteiger partial charge on any atom is -0.506 e. The van der Waals surface area contributed by atoms with E-state index >= 15 is 0 Å². The summed E-state index contributed by atoms with van der Waals surface area (Å²) in [6, 6.07) is 2.50. The highest BCUT2D eigenvalue weighted by Crippen LogP contribution is 2.37. The molecule has 3 heteroatoms. The number of phenols is 1. The molecule has 0 spiro atoms. The Morgan fingerprint density at radius 2 is 2.00 bits per heavy atom. The van der Waals surface area contributed by atoms with Gasteiger partial charge in [0.1, 0.15) is 5.75 Å². The number of hydrogen-bond acceptors (Lipinski definition) is 2. The van der Waals surface area contributed by atoms with Gasteiger partial charge < -0.3 is 10.4 Å². The molecule has 20 heavy (non-hydrogen) atoms. The van der Waals surface area contributed by atoms with Crippen molar-refractivity contribution in [2.45, 2.75) is 63.8 Å². The summed E-state index contributed by atoms with van der Waals surface area (Å²) in [5.41, 5.74) is 3.88. The van der Waals surface area contributed by atoms with Crippen molar-refractivity contribution >= 4 is 11.6 Å². The largest absolute Gasteiger partial charge is 0.506 e. The number of fused-ring (bicyclic) bond motifs is 1. The van der Waals surface area contributed by atoms with E-state index in [2.05, 4.69) is 5.32 Å². The molecule has 2 nitrogen and oxygen atoms in total. The van der Waals surface area contributed by atoms with Crippen molar-refractivity contribution in [3.63, 3.8) is 0 Å². The fourth-order valence-corrected chi connectivity index (χ4v) is 3.93. The van der Waals surface area contributed by atoms with Gasteiger partial charge in [-0.2, -0.15) is 0 Å². The number of halogens is 1. The molecule has 0 radical (unpaired) electrons. The Kier molecular flexibility index (Phi) is 4.52. The summed E-state index contributed by atoms with van der Waals surface area (Å²) < 4.78 is 0. The van der Waals surface area contributed by atoms with Crippen molar-refractivity contribution < 1.29 is 5.11 Å². The van der Waals surface area contributed by atoms with Crippen LogP contribution in [-0.4, -0.2) is 17.7 Å². The van der Waals surface area contributed by atoms with E-state index in [1.807, 2.05) is 6.07 Å². The quantitative estimate of drug-likeness (QED) is 0.808. The molecule has 0 saturated carbocycles. The third-order valence-electron chi connectivity index (χ3n) is 4.80. The monoisotopic (exact) mass is 293 g/mol. The van der Waals surface area contributed by atoms with Crippen LogP contribution in [0.4, 0.5) is 0 Å². The zero-order valence-electron chi connectivity index (χ0n) is 12.1. The predicted molar refractivity (Wildman–Crippen MR) is 83.7 cm³/mol. The number of nitrogens with one attached hydrogen (secondary N) is 1. The molecule has 0 amide bonds. The van der Waals surface area contributed by atoms with Gasteiger partial charge >= 0.3 is 0 Å². The third-order valence-corrected chi connectivity index (χ3v) is 5.09. The maximum Gasteiger partial charge on any atom is 0.137 e. The molecule has 3 rings (SSSR count). The lowest BCUT2D eigenvalue weighted by Gasteiger charge is -2.26. The van der Waals surface area contributed by atoms with Gasteiger partial charge in [0.15, 0.2) is 0 Å². The highest BCUT2D eigenvalue weighted by molar-refractivity contribution is 6.32. The molecule has 1 aromatic rings. The summed E-state index contributed by atoms with van der Waals surface area (Å²) in [5, 5.41) is 14.5. The second-order valence-electron chi connectivity index (χ2n) is 6.23. The third kappa shape index (κ3) is 2.96. The zero-order chi connectivity index (χ0) is 13.9. The Hall–Kier alpha value is -0.730. The van der Waals surface area contributed by atoms with Crippen LogP contribution in [0.25, 0.3) is 0 Å². The Balaban J connectivity index is 1.92. The lowest BCUT2D eigenvalue weighted by atomic mass is 9.90. The van der Waals surface area contributed by atoms with E-state index in [1.54, 1.807) is 0 Å². The average Bonchev–Trinajstić information content (AvgIpc) is 2.70. The van der Waals surface area contributed by atoms with E-state index in [1.165, 1.54) is 49.7 Å². The van der Waals surface area contributed by atoms with Gasteiger partial charge in [0.05, 0.1) is 5.02 Å². The average molecular weight is 294 g/mol. The van der Waals surface area contributed by atoms with Crippen LogP contribution in [-0.2, 0) is 19.3 Å². The van der Waals surface area contributed by atoms with Crippen molar-refractivity contribution in [3.05, 3.63) is 27.8 Å². The van der Waals surface area contributed by atoms with E-state index in [4.69, 9.17) is 11.6 Å². The minimum atomic E-state index is 0.333. The lowest BCUT2D eigenvalue weighted by molar-refractivity contribution is 0.390. The molecule has 0 bridgehead atoms. The maximum atomic E-state index is 10.4. The Bertz CT molecular complexity index is 480. The lowest BCUT2D eigenvalue weighted by Crippen LogP contribution is -2.35. The normalized spacial score (nSPS) is 23.1. The minimum absolute atomic E-state index is 0.333. The Morgan fingerprint density at radius 1 is 1.15 bits per heavy atom. The fraction of sp³-hybridized carbons (Fsp3) is 0.647. The summed E-state index contributed by atoms with van der Waals surface area (Å²) in [6.07, 6.45) is 10.7. The molecule has 1 fully saturated rings. The highest BCUT2D eigenvalue weighted by Gasteiger charge is 2.22. The second-order valence-corrected chi connectivity index (χ2v) is 6.64. The van der Waals surface area contributed by atoms with Crippen LogP contribution in [0, 0.1) is 0 Å². The maximum absolute atomic E-state index is 10.4. The standard InChI is InChI=1S/C17H24ClNO/c18-16-10-12-6-2-1-3-8-14(12)15(17(16)20)11-13-7-4-5-9-19-13/h10,13,19-20H,1-9,11H2. The highest BCUT2D eigenvalue weighted by atomic mass is 35.5. The first-order chi connectivity index (χ1) is 9.75. The number of aromatic hydroxyl groups is 1. The van der Waals surface area contributed by atoms with E-state index in [0.29, 0.717) is 16.8 Å². The second kappa shape index (κ2) is 6.36. The molecule has 2 N–H and O–H groups in total. The van der Waals surface area contributed by atoms with Gasteiger partial charge in [-0.25, -0.2) is 0 Å². The van der Waals surface area contributed by atoms with Crippen molar-refractivity contribution in [1.82, 2.24) is 5.32 Å². The van der Waals surface area contributed by atoms with E-state index < -0.39 is 0 Å². The van der Waals surface area contributed by atoms with Gasteiger partial charge in [-0.1, -0.05) is 24.4 Å². The smallest absolute Gasteiger partial charge is 0.137 e. The molecule has 1 heterocycles. The summed E-state index contributed by atoms with van der Waals surface area (Å²) >= 11 is 6.25. The number of rotatable bonds is 2. The van der Waals surface area contributed by atoms with Crippen LogP contribution in [0.5, 0.6) is 5.75 Å². The Morgan fingerprint density at radius 3 is 2.80 bits per heavy atom. The van der Waals surface area contributed by atoms with Crippen molar-refractivity contribution in [1.29, 1.82) is 0 Å². The predicted octanol–water partition coefficient (Wildman–Crippen LogP) is 4.00. The fourth-order valence-electron chi connectivity index (χ4n) is 3.68.